The maximum Gasteiger partial charge on any atom is 0.153 e. The maximum absolute atomic E-state index is 4.62. The molecule has 2 aromatic rings. The lowest BCUT2D eigenvalue weighted by atomic mass is 9.88. The summed E-state index contributed by atoms with van der Waals surface area (Å²) in [5.74, 6) is 4.77. The first-order valence-corrected chi connectivity index (χ1v) is 10.9. The second kappa shape index (κ2) is 8.55. The van der Waals surface area contributed by atoms with Crippen molar-refractivity contribution in [3.63, 3.8) is 0 Å². The van der Waals surface area contributed by atoms with Crippen LogP contribution in [-0.4, -0.2) is 48.8 Å². The van der Waals surface area contributed by atoms with Crippen LogP contribution < -0.4 is 0 Å². The molecule has 0 aromatic carbocycles. The number of hydrogen-bond acceptors (Lipinski definition) is 4. The van der Waals surface area contributed by atoms with E-state index in [0.29, 0.717) is 5.92 Å². The fourth-order valence-corrected chi connectivity index (χ4v) is 4.94. The number of hydrogen-bond donors (Lipinski definition) is 0. The lowest BCUT2D eigenvalue weighted by Gasteiger charge is -2.35. The third-order valence-electron chi connectivity index (χ3n) is 6.60. The van der Waals surface area contributed by atoms with Crippen LogP contribution in [0.1, 0.15) is 75.3 Å². The highest BCUT2D eigenvalue weighted by Gasteiger charge is 2.27. The molecule has 0 bridgehead atoms. The van der Waals surface area contributed by atoms with Crippen LogP contribution in [0.2, 0.25) is 0 Å². The normalized spacial score (nSPS) is 20.4. The number of piperidine rings is 1. The van der Waals surface area contributed by atoms with Gasteiger partial charge in [-0.25, -0.2) is 4.98 Å². The highest BCUT2D eigenvalue weighted by atomic mass is 15.3. The van der Waals surface area contributed by atoms with E-state index in [-0.39, 0.29) is 0 Å². The van der Waals surface area contributed by atoms with Gasteiger partial charge in [0.25, 0.3) is 0 Å². The predicted molar refractivity (Wildman–Crippen MR) is 107 cm³/mol. The number of imidazole rings is 1. The van der Waals surface area contributed by atoms with Gasteiger partial charge in [0, 0.05) is 31.4 Å². The van der Waals surface area contributed by atoms with Crippen molar-refractivity contribution in [2.45, 2.75) is 77.8 Å². The van der Waals surface area contributed by atoms with E-state index >= 15 is 0 Å². The Balaban J connectivity index is 1.37. The third kappa shape index (κ3) is 4.26. The van der Waals surface area contributed by atoms with E-state index in [1.54, 1.807) is 0 Å². The van der Waals surface area contributed by atoms with Gasteiger partial charge in [-0.1, -0.05) is 19.3 Å². The van der Waals surface area contributed by atoms with E-state index < -0.39 is 0 Å². The molecule has 0 radical (unpaired) electrons. The smallest absolute Gasteiger partial charge is 0.153 e. The number of aryl methyl sites for hydroxylation is 1. The van der Waals surface area contributed by atoms with Gasteiger partial charge in [0.2, 0.25) is 0 Å². The summed E-state index contributed by atoms with van der Waals surface area (Å²) >= 11 is 0. The van der Waals surface area contributed by atoms with Gasteiger partial charge in [0.15, 0.2) is 5.82 Å². The molecule has 0 N–H and O–H groups in total. The minimum atomic E-state index is 0.553. The largest absolute Gasteiger partial charge is 0.328 e. The molecule has 2 aliphatic rings. The van der Waals surface area contributed by atoms with Crippen LogP contribution in [0.5, 0.6) is 0 Å². The molecule has 1 aliphatic carbocycles. The van der Waals surface area contributed by atoms with E-state index in [1.807, 2.05) is 19.3 Å². The Morgan fingerprint density at radius 1 is 1.04 bits per heavy atom. The van der Waals surface area contributed by atoms with Crippen LogP contribution in [0.3, 0.4) is 0 Å². The van der Waals surface area contributed by atoms with Gasteiger partial charge in [0.05, 0.1) is 6.54 Å². The molecule has 148 valence electrons. The molecule has 2 fully saturated rings. The van der Waals surface area contributed by atoms with Crippen molar-refractivity contribution in [3.05, 3.63) is 29.9 Å². The van der Waals surface area contributed by atoms with Gasteiger partial charge in [-0.3, -0.25) is 0 Å². The van der Waals surface area contributed by atoms with Crippen LogP contribution in [-0.2, 0) is 13.1 Å². The molecule has 1 saturated carbocycles. The summed E-state index contributed by atoms with van der Waals surface area (Å²) in [6.07, 6.45) is 13.5. The molecular formula is C21H34N6. The van der Waals surface area contributed by atoms with Crippen LogP contribution in [0.25, 0.3) is 0 Å². The minimum Gasteiger partial charge on any atom is -0.328 e. The average Bonchev–Trinajstić information content (AvgIpc) is 3.29. The number of aromatic nitrogens is 5. The molecule has 27 heavy (non-hydrogen) atoms. The highest BCUT2D eigenvalue weighted by molar-refractivity contribution is 5.06. The summed E-state index contributed by atoms with van der Waals surface area (Å²) in [4.78, 5) is 7.02. The molecule has 1 saturated heterocycles. The highest BCUT2D eigenvalue weighted by Crippen LogP contribution is 2.30. The molecule has 0 unspecified atom stereocenters. The van der Waals surface area contributed by atoms with Crippen molar-refractivity contribution < 1.29 is 0 Å². The van der Waals surface area contributed by atoms with Crippen LogP contribution in [0, 0.1) is 12.8 Å². The Bertz CT molecular complexity index is 719. The summed E-state index contributed by atoms with van der Waals surface area (Å²) in [5.41, 5.74) is 0. The van der Waals surface area contributed by atoms with Gasteiger partial charge in [-0.2, -0.15) is 0 Å². The van der Waals surface area contributed by atoms with Gasteiger partial charge in [-0.05, 0) is 58.5 Å². The zero-order chi connectivity index (χ0) is 18.6. The Labute approximate surface area is 163 Å². The SMILES string of the molecule is CCn1c(Cn2ccnc2C)nnc1C1CCN(CC2CCCCC2)CC1. The van der Waals surface area contributed by atoms with Crippen LogP contribution >= 0.6 is 0 Å². The Hall–Kier alpha value is -1.69. The maximum atomic E-state index is 4.62. The Morgan fingerprint density at radius 3 is 2.48 bits per heavy atom. The second-order valence-electron chi connectivity index (χ2n) is 8.40. The molecule has 1 aliphatic heterocycles. The Morgan fingerprint density at radius 2 is 1.81 bits per heavy atom. The van der Waals surface area contributed by atoms with Crippen molar-refractivity contribution in [3.8, 4) is 0 Å². The van der Waals surface area contributed by atoms with E-state index in [9.17, 15) is 0 Å². The summed E-state index contributed by atoms with van der Waals surface area (Å²) in [7, 11) is 0. The first-order valence-electron chi connectivity index (χ1n) is 10.9. The topological polar surface area (TPSA) is 51.8 Å². The van der Waals surface area contributed by atoms with E-state index in [2.05, 4.69) is 36.1 Å². The Kier molecular flexibility index (Phi) is 5.91. The molecule has 3 heterocycles. The zero-order valence-corrected chi connectivity index (χ0v) is 17.0. The van der Waals surface area contributed by atoms with Gasteiger partial charge in [-0.15, -0.1) is 10.2 Å². The predicted octanol–water partition coefficient (Wildman–Crippen LogP) is 3.61. The van der Waals surface area contributed by atoms with E-state index in [0.717, 1.165) is 30.7 Å². The molecular weight excluding hydrogens is 336 g/mol. The lowest BCUT2D eigenvalue weighted by Crippen LogP contribution is -2.37. The van der Waals surface area contributed by atoms with Crippen LogP contribution in [0.15, 0.2) is 12.4 Å². The third-order valence-corrected chi connectivity index (χ3v) is 6.60. The first kappa shape index (κ1) is 18.7. The summed E-state index contributed by atoms with van der Waals surface area (Å²) in [5, 5.41) is 9.16. The van der Waals surface area contributed by atoms with Crippen molar-refractivity contribution in [1.29, 1.82) is 0 Å². The molecule has 0 spiro atoms. The summed E-state index contributed by atoms with van der Waals surface area (Å²) in [6.45, 7) is 9.69. The van der Waals surface area contributed by atoms with Gasteiger partial charge in [0.1, 0.15) is 11.6 Å². The molecule has 0 amide bonds. The van der Waals surface area contributed by atoms with Crippen molar-refractivity contribution in [2.24, 2.45) is 5.92 Å². The van der Waals surface area contributed by atoms with Crippen LogP contribution in [0.4, 0.5) is 0 Å². The molecule has 4 rings (SSSR count). The quantitative estimate of drug-likeness (QED) is 0.779. The second-order valence-corrected chi connectivity index (χ2v) is 8.40. The molecule has 6 heteroatoms. The molecule has 0 atom stereocenters. The fraction of sp³-hybridized carbons (Fsp3) is 0.762. The van der Waals surface area contributed by atoms with Crippen molar-refractivity contribution >= 4 is 0 Å². The molecule has 6 nitrogen and oxygen atoms in total. The standard InChI is InChI=1S/C21H34N6/c1-3-27-20(16-26-14-11-22-17(26)2)23-24-21(27)19-9-12-25(13-10-19)15-18-7-5-4-6-8-18/h11,14,18-19H,3-10,12-13,15-16H2,1-2H3. The number of rotatable bonds is 6. The van der Waals surface area contributed by atoms with Crippen molar-refractivity contribution in [2.75, 3.05) is 19.6 Å². The number of nitrogens with zero attached hydrogens (tertiary/aromatic N) is 6. The van der Waals surface area contributed by atoms with Gasteiger partial charge >= 0.3 is 0 Å². The summed E-state index contributed by atoms with van der Waals surface area (Å²) < 4.78 is 4.48. The van der Waals surface area contributed by atoms with E-state index in [1.165, 1.54) is 70.4 Å². The van der Waals surface area contributed by atoms with E-state index in [4.69, 9.17) is 0 Å². The fourth-order valence-electron chi connectivity index (χ4n) is 4.94. The van der Waals surface area contributed by atoms with Crippen molar-refractivity contribution in [1.82, 2.24) is 29.2 Å². The zero-order valence-electron chi connectivity index (χ0n) is 17.0. The first-order chi connectivity index (χ1) is 13.2. The summed E-state index contributed by atoms with van der Waals surface area (Å²) in [6, 6.07) is 0. The number of likely N-dealkylation sites (tertiary alicyclic amines) is 1. The lowest BCUT2D eigenvalue weighted by molar-refractivity contribution is 0.161. The van der Waals surface area contributed by atoms with Gasteiger partial charge < -0.3 is 14.0 Å². The molecule has 2 aromatic heterocycles. The monoisotopic (exact) mass is 370 g/mol. The average molecular weight is 371 g/mol. The minimum absolute atomic E-state index is 0.553.